The van der Waals surface area contributed by atoms with Gasteiger partial charge in [0.25, 0.3) is 0 Å². The minimum Gasteiger partial charge on any atom is -0.362 e. The van der Waals surface area contributed by atoms with Crippen molar-refractivity contribution in [3.63, 3.8) is 0 Å². The molecule has 1 saturated heterocycles. The van der Waals surface area contributed by atoms with Gasteiger partial charge in [0.2, 0.25) is 0 Å². The Bertz CT molecular complexity index is 505. The lowest BCUT2D eigenvalue weighted by Crippen LogP contribution is -2.49. The van der Waals surface area contributed by atoms with Crippen LogP contribution in [0.2, 0.25) is 0 Å². The van der Waals surface area contributed by atoms with Gasteiger partial charge in [-0.25, -0.2) is 8.78 Å². The molecule has 0 unspecified atom stereocenters. The van der Waals surface area contributed by atoms with Gasteiger partial charge in [0.1, 0.15) is 11.6 Å². The van der Waals surface area contributed by atoms with E-state index >= 15 is 0 Å². The van der Waals surface area contributed by atoms with Crippen molar-refractivity contribution in [1.29, 1.82) is 0 Å². The summed E-state index contributed by atoms with van der Waals surface area (Å²) in [6.45, 7) is 9.67. The Balaban J connectivity index is 2.42. The largest absolute Gasteiger partial charge is 0.362 e. The molecule has 0 aromatic heterocycles. The zero-order valence-corrected chi connectivity index (χ0v) is 10.6. The van der Waals surface area contributed by atoms with Crippen LogP contribution in [0, 0.1) is 11.6 Å². The van der Waals surface area contributed by atoms with Gasteiger partial charge < -0.3 is 10.2 Å². The highest BCUT2D eigenvalue weighted by Gasteiger charge is 2.35. The van der Waals surface area contributed by atoms with Gasteiger partial charge in [-0.3, -0.25) is 0 Å². The van der Waals surface area contributed by atoms with Gasteiger partial charge in [0, 0.05) is 30.8 Å². The van der Waals surface area contributed by atoms with Crippen molar-refractivity contribution < 1.29 is 8.78 Å². The van der Waals surface area contributed by atoms with Crippen LogP contribution in [-0.2, 0) is 5.54 Å². The highest BCUT2D eigenvalue weighted by Crippen LogP contribution is 2.35. The molecule has 0 radical (unpaired) electrons. The van der Waals surface area contributed by atoms with Gasteiger partial charge in [-0.2, -0.15) is 0 Å². The minimum absolute atomic E-state index is 0.416. The fraction of sp³-hybridized carbons (Fsp3) is 0.286. The number of halogens is 2. The van der Waals surface area contributed by atoms with Crippen LogP contribution < -0.4 is 5.32 Å². The second kappa shape index (κ2) is 4.12. The maximum atomic E-state index is 13.9. The van der Waals surface area contributed by atoms with Crippen molar-refractivity contribution in [3.8, 4) is 0 Å². The lowest BCUT2D eigenvalue weighted by molar-refractivity contribution is 0.261. The smallest absolute Gasteiger partial charge is 0.131 e. The molecule has 1 aromatic carbocycles. The highest BCUT2D eigenvalue weighted by molar-refractivity contribution is 5.32. The van der Waals surface area contributed by atoms with Crippen LogP contribution >= 0.6 is 0 Å². The molecule has 1 aromatic rings. The molecule has 18 heavy (non-hydrogen) atoms. The number of nitrogens with zero attached hydrogens (tertiary/aromatic N) is 1. The predicted octanol–water partition coefficient (Wildman–Crippen LogP) is 3.09. The van der Waals surface area contributed by atoms with Crippen LogP contribution in [0.15, 0.2) is 42.9 Å². The number of hydrogen-bond acceptors (Lipinski definition) is 2. The molecule has 1 aliphatic heterocycles. The third kappa shape index (κ3) is 1.98. The number of benzene rings is 1. The molecule has 2 rings (SSSR count). The quantitative estimate of drug-likeness (QED) is 0.824. The molecule has 1 atom stereocenters. The van der Waals surface area contributed by atoms with E-state index in [1.807, 2.05) is 18.9 Å². The van der Waals surface area contributed by atoms with E-state index in [0.717, 1.165) is 11.8 Å². The second-order valence-corrected chi connectivity index (χ2v) is 4.83. The standard InChI is InChI=1S/C14H16F2N2/c1-9-8-14(3,17-10(2)18(9)4)12-6-5-11(15)7-13(12)16/h5-7,17H,1-2,8H2,3-4H3/t14-/m0/s1. The summed E-state index contributed by atoms with van der Waals surface area (Å²) in [4.78, 5) is 1.82. The average Bonchev–Trinajstić information content (AvgIpc) is 2.25. The molecule has 0 spiro atoms. The molecular weight excluding hydrogens is 234 g/mol. The molecule has 1 fully saturated rings. The normalized spacial score (nSPS) is 24.1. The van der Waals surface area contributed by atoms with Crippen LogP contribution in [0.1, 0.15) is 18.9 Å². The topological polar surface area (TPSA) is 15.3 Å². The first kappa shape index (κ1) is 12.6. The van der Waals surface area contributed by atoms with Gasteiger partial charge in [0.15, 0.2) is 0 Å². The zero-order chi connectivity index (χ0) is 13.5. The van der Waals surface area contributed by atoms with E-state index < -0.39 is 17.2 Å². The van der Waals surface area contributed by atoms with Crippen molar-refractivity contribution in [3.05, 3.63) is 60.1 Å². The van der Waals surface area contributed by atoms with Crippen molar-refractivity contribution in [2.75, 3.05) is 7.05 Å². The van der Waals surface area contributed by atoms with Gasteiger partial charge >= 0.3 is 0 Å². The second-order valence-electron chi connectivity index (χ2n) is 4.83. The molecule has 1 N–H and O–H groups in total. The number of hydrogen-bond donors (Lipinski definition) is 1. The van der Waals surface area contributed by atoms with Crippen molar-refractivity contribution in [2.24, 2.45) is 0 Å². The maximum Gasteiger partial charge on any atom is 0.131 e. The van der Waals surface area contributed by atoms with Crippen LogP contribution in [-0.4, -0.2) is 11.9 Å². The van der Waals surface area contributed by atoms with E-state index in [1.165, 1.54) is 12.1 Å². The highest BCUT2D eigenvalue weighted by atomic mass is 19.1. The van der Waals surface area contributed by atoms with Crippen molar-refractivity contribution in [1.82, 2.24) is 10.2 Å². The predicted molar refractivity (Wildman–Crippen MR) is 67.5 cm³/mol. The van der Waals surface area contributed by atoms with E-state index in [0.29, 0.717) is 17.8 Å². The van der Waals surface area contributed by atoms with Gasteiger partial charge in [-0.1, -0.05) is 19.2 Å². The Labute approximate surface area is 106 Å². The molecule has 2 nitrogen and oxygen atoms in total. The van der Waals surface area contributed by atoms with Crippen LogP contribution in [0.4, 0.5) is 8.78 Å². The molecule has 0 aliphatic carbocycles. The molecular formula is C14H16F2N2. The summed E-state index contributed by atoms with van der Waals surface area (Å²) in [5, 5.41) is 3.16. The SMILES string of the molecule is C=C1C[C@@](C)(c2ccc(F)cc2F)NC(=C)N1C. The van der Waals surface area contributed by atoms with E-state index in [4.69, 9.17) is 0 Å². The number of nitrogens with one attached hydrogen (secondary N) is 1. The molecule has 4 heteroatoms. The van der Waals surface area contributed by atoms with Crippen LogP contribution in [0.3, 0.4) is 0 Å². The monoisotopic (exact) mass is 250 g/mol. The Morgan fingerprint density at radius 3 is 2.56 bits per heavy atom. The summed E-state index contributed by atoms with van der Waals surface area (Å²) in [5.41, 5.74) is 0.600. The fourth-order valence-electron chi connectivity index (χ4n) is 2.26. The third-order valence-electron chi connectivity index (χ3n) is 3.38. The molecule has 96 valence electrons. The zero-order valence-electron chi connectivity index (χ0n) is 10.6. The van der Waals surface area contributed by atoms with E-state index in [1.54, 1.807) is 0 Å². The Hall–Kier alpha value is -1.84. The third-order valence-corrected chi connectivity index (χ3v) is 3.38. The Morgan fingerprint density at radius 2 is 2.00 bits per heavy atom. The fourth-order valence-corrected chi connectivity index (χ4v) is 2.26. The first-order valence-corrected chi connectivity index (χ1v) is 5.67. The van der Waals surface area contributed by atoms with Crippen LogP contribution in [0.25, 0.3) is 0 Å². The summed E-state index contributed by atoms with van der Waals surface area (Å²) >= 11 is 0. The molecule has 1 heterocycles. The minimum atomic E-state index is -0.654. The van der Waals surface area contributed by atoms with Gasteiger partial charge in [0.05, 0.1) is 11.4 Å². The Kier molecular flexibility index (Phi) is 2.89. The Morgan fingerprint density at radius 1 is 1.33 bits per heavy atom. The van der Waals surface area contributed by atoms with Gasteiger partial charge in [-0.15, -0.1) is 0 Å². The van der Waals surface area contributed by atoms with Crippen LogP contribution in [0.5, 0.6) is 0 Å². The first-order chi connectivity index (χ1) is 8.33. The first-order valence-electron chi connectivity index (χ1n) is 5.67. The number of rotatable bonds is 1. The average molecular weight is 250 g/mol. The van der Waals surface area contributed by atoms with Gasteiger partial charge in [-0.05, 0) is 13.0 Å². The lowest BCUT2D eigenvalue weighted by Gasteiger charge is -2.43. The summed E-state index contributed by atoms with van der Waals surface area (Å²) < 4.78 is 26.8. The summed E-state index contributed by atoms with van der Waals surface area (Å²) in [6, 6.07) is 3.62. The summed E-state index contributed by atoms with van der Waals surface area (Å²) in [6.07, 6.45) is 0.533. The van der Waals surface area contributed by atoms with E-state index in [2.05, 4.69) is 18.5 Å². The molecule has 0 bridgehead atoms. The summed E-state index contributed by atoms with van der Waals surface area (Å²) in [7, 11) is 1.85. The lowest BCUT2D eigenvalue weighted by atomic mass is 9.85. The van der Waals surface area contributed by atoms with Crippen molar-refractivity contribution in [2.45, 2.75) is 18.9 Å². The molecule has 0 amide bonds. The van der Waals surface area contributed by atoms with E-state index in [-0.39, 0.29) is 0 Å². The maximum absolute atomic E-state index is 13.9. The van der Waals surface area contributed by atoms with Crippen molar-refractivity contribution >= 4 is 0 Å². The molecule has 0 saturated carbocycles. The molecule has 1 aliphatic rings. The summed E-state index contributed by atoms with van der Waals surface area (Å²) in [5.74, 6) is -0.488. The van der Waals surface area contributed by atoms with E-state index in [9.17, 15) is 8.78 Å².